The van der Waals surface area contributed by atoms with Crippen molar-refractivity contribution in [2.45, 2.75) is 25.8 Å². The quantitative estimate of drug-likeness (QED) is 0.737. The molecule has 7 heteroatoms. The van der Waals surface area contributed by atoms with E-state index >= 15 is 0 Å². The van der Waals surface area contributed by atoms with Crippen molar-refractivity contribution in [3.8, 4) is 0 Å². The molecule has 3 aromatic rings. The number of amides is 1. The third kappa shape index (κ3) is 3.98. The monoisotopic (exact) mass is 368 g/mol. The summed E-state index contributed by atoms with van der Waals surface area (Å²) in [5.41, 5.74) is 3.42. The number of halogens is 1. The molecule has 1 aliphatic heterocycles. The number of hydrogen-bond acceptors (Lipinski definition) is 3. The van der Waals surface area contributed by atoms with Crippen LogP contribution in [0.5, 0.6) is 0 Å². The molecule has 0 unspecified atom stereocenters. The van der Waals surface area contributed by atoms with Crippen LogP contribution in [-0.2, 0) is 4.79 Å². The zero-order chi connectivity index (χ0) is 18.8. The van der Waals surface area contributed by atoms with Crippen molar-refractivity contribution in [1.29, 1.82) is 0 Å². The van der Waals surface area contributed by atoms with Gasteiger partial charge in [0.25, 0.3) is 5.91 Å². The van der Waals surface area contributed by atoms with E-state index < -0.39 is 0 Å². The number of hydrogen-bond donors (Lipinski definition) is 2. The molecule has 1 saturated heterocycles. The van der Waals surface area contributed by atoms with Gasteiger partial charge in [0, 0.05) is 24.6 Å². The Hall–Kier alpha value is -2.80. The number of nitrogens with zero attached hydrogens (tertiary/aromatic N) is 3. The van der Waals surface area contributed by atoms with Crippen LogP contribution >= 0.6 is 0 Å². The third-order valence-electron chi connectivity index (χ3n) is 5.15. The van der Waals surface area contributed by atoms with Crippen molar-refractivity contribution < 1.29 is 14.1 Å². The highest BCUT2D eigenvalue weighted by molar-refractivity contribution is 5.91. The summed E-state index contributed by atoms with van der Waals surface area (Å²) in [4.78, 5) is 13.6. The summed E-state index contributed by atoms with van der Waals surface area (Å²) >= 11 is 0. The molecule has 1 amide bonds. The van der Waals surface area contributed by atoms with E-state index in [9.17, 15) is 9.18 Å². The van der Waals surface area contributed by atoms with E-state index in [1.807, 2.05) is 35.9 Å². The molecule has 0 atom stereocenters. The number of piperidine rings is 1. The Labute approximate surface area is 157 Å². The lowest BCUT2D eigenvalue weighted by Gasteiger charge is -2.29. The molecular formula is C20H23FN5O+. The fourth-order valence-corrected chi connectivity index (χ4v) is 3.77. The van der Waals surface area contributed by atoms with Crippen LogP contribution in [0.4, 0.5) is 10.1 Å². The van der Waals surface area contributed by atoms with Crippen LogP contribution in [0.2, 0.25) is 0 Å². The van der Waals surface area contributed by atoms with Crippen molar-refractivity contribution in [1.82, 2.24) is 15.0 Å². The minimum Gasteiger partial charge on any atom is -0.327 e. The number of anilines is 1. The summed E-state index contributed by atoms with van der Waals surface area (Å²) < 4.78 is 15.2. The lowest BCUT2D eigenvalue weighted by atomic mass is 10.0. The smallest absolute Gasteiger partial charge is 0.279 e. The highest BCUT2D eigenvalue weighted by Gasteiger charge is 2.26. The number of rotatable bonds is 4. The Morgan fingerprint density at radius 1 is 1.26 bits per heavy atom. The predicted octanol–water partition coefficient (Wildman–Crippen LogP) is 1.74. The van der Waals surface area contributed by atoms with Crippen molar-refractivity contribution in [3.63, 3.8) is 0 Å². The van der Waals surface area contributed by atoms with Gasteiger partial charge in [-0.2, -0.15) is 0 Å². The summed E-state index contributed by atoms with van der Waals surface area (Å²) in [5.74, 6) is -0.260. The van der Waals surface area contributed by atoms with Gasteiger partial charge in [-0.05, 0) is 36.8 Å². The molecule has 0 saturated carbocycles. The topological polar surface area (TPSA) is 64.2 Å². The van der Waals surface area contributed by atoms with Gasteiger partial charge in [-0.3, -0.25) is 4.79 Å². The summed E-state index contributed by atoms with van der Waals surface area (Å²) in [6.45, 7) is 4.26. The van der Waals surface area contributed by atoms with Crippen molar-refractivity contribution in [2.75, 3.05) is 25.0 Å². The number of carbonyl (C=O) groups excluding carboxylic acids is 1. The van der Waals surface area contributed by atoms with E-state index in [1.54, 1.807) is 6.07 Å². The van der Waals surface area contributed by atoms with Crippen LogP contribution in [0.15, 0.2) is 42.5 Å². The second-order valence-corrected chi connectivity index (χ2v) is 7.24. The van der Waals surface area contributed by atoms with E-state index in [0.29, 0.717) is 12.1 Å². The first-order valence-corrected chi connectivity index (χ1v) is 9.29. The van der Waals surface area contributed by atoms with Crippen LogP contribution in [-0.4, -0.2) is 40.5 Å². The summed E-state index contributed by atoms with van der Waals surface area (Å²) in [6, 6.07) is 12.7. The second kappa shape index (κ2) is 7.44. The maximum Gasteiger partial charge on any atom is 0.279 e. The number of carbonyl (C=O) groups is 1. The number of aryl methyl sites for hydroxylation is 1. The van der Waals surface area contributed by atoms with Gasteiger partial charge in [0.1, 0.15) is 11.3 Å². The SMILES string of the molecule is Cc1cccc(NC(=O)C[NH+]2CCC(n3nnc4cc(F)ccc43)CC2)c1. The standard InChI is InChI=1S/C20H22FN5O/c1-14-3-2-4-16(11-14)22-20(27)13-25-9-7-17(8-10-25)26-19-6-5-15(21)12-18(19)23-24-26/h2-6,11-12,17H,7-10,13H2,1H3,(H,22,27)/p+1. The molecule has 2 N–H and O–H groups in total. The van der Waals surface area contributed by atoms with Gasteiger partial charge in [-0.15, -0.1) is 5.10 Å². The minimum absolute atomic E-state index is 0.0377. The molecule has 0 aliphatic carbocycles. The lowest BCUT2D eigenvalue weighted by molar-refractivity contribution is -0.897. The number of benzene rings is 2. The molecule has 0 bridgehead atoms. The molecule has 140 valence electrons. The minimum atomic E-state index is -0.298. The summed E-state index contributed by atoms with van der Waals surface area (Å²) in [5, 5.41) is 11.3. The number of fused-ring (bicyclic) bond motifs is 1. The van der Waals surface area contributed by atoms with Crippen LogP contribution in [0, 0.1) is 12.7 Å². The van der Waals surface area contributed by atoms with Gasteiger partial charge in [0.2, 0.25) is 0 Å². The first-order chi connectivity index (χ1) is 13.1. The Bertz CT molecular complexity index is 962. The van der Waals surface area contributed by atoms with E-state index in [4.69, 9.17) is 0 Å². The molecule has 4 rings (SSSR count). The Morgan fingerprint density at radius 3 is 2.85 bits per heavy atom. The predicted molar refractivity (Wildman–Crippen MR) is 101 cm³/mol. The zero-order valence-corrected chi connectivity index (χ0v) is 15.3. The number of quaternary nitrogens is 1. The van der Waals surface area contributed by atoms with Crippen LogP contribution in [0.25, 0.3) is 11.0 Å². The maximum atomic E-state index is 13.3. The normalized spacial score (nSPS) is 19.9. The molecule has 6 nitrogen and oxygen atoms in total. The van der Waals surface area contributed by atoms with Crippen molar-refractivity contribution in [3.05, 3.63) is 53.8 Å². The lowest BCUT2D eigenvalue weighted by Crippen LogP contribution is -3.14. The third-order valence-corrected chi connectivity index (χ3v) is 5.15. The average Bonchev–Trinajstić information content (AvgIpc) is 3.05. The summed E-state index contributed by atoms with van der Waals surface area (Å²) in [6.07, 6.45) is 1.84. The average molecular weight is 368 g/mol. The van der Waals surface area contributed by atoms with Crippen LogP contribution < -0.4 is 10.2 Å². The number of likely N-dealkylation sites (tertiary alicyclic amines) is 1. The van der Waals surface area contributed by atoms with Gasteiger partial charge in [0.05, 0.1) is 24.6 Å². The largest absolute Gasteiger partial charge is 0.327 e. The van der Waals surface area contributed by atoms with E-state index in [2.05, 4.69) is 15.6 Å². The van der Waals surface area contributed by atoms with Gasteiger partial charge < -0.3 is 10.2 Å². The molecule has 27 heavy (non-hydrogen) atoms. The Balaban J connectivity index is 1.34. The van der Waals surface area contributed by atoms with Gasteiger partial charge in [-0.25, -0.2) is 9.07 Å². The fourth-order valence-electron chi connectivity index (χ4n) is 3.77. The molecule has 1 aromatic heterocycles. The summed E-state index contributed by atoms with van der Waals surface area (Å²) in [7, 11) is 0. The molecule has 1 fully saturated rings. The fraction of sp³-hybridized carbons (Fsp3) is 0.350. The Morgan fingerprint density at radius 2 is 2.07 bits per heavy atom. The molecule has 1 aliphatic rings. The van der Waals surface area contributed by atoms with Crippen LogP contribution in [0.3, 0.4) is 0 Å². The molecule has 2 aromatic carbocycles. The van der Waals surface area contributed by atoms with E-state index in [0.717, 1.165) is 42.7 Å². The molecule has 2 heterocycles. The van der Waals surface area contributed by atoms with Crippen molar-refractivity contribution >= 4 is 22.6 Å². The van der Waals surface area contributed by atoms with Gasteiger partial charge >= 0.3 is 0 Å². The highest BCUT2D eigenvalue weighted by Crippen LogP contribution is 2.22. The number of nitrogens with one attached hydrogen (secondary N) is 2. The molecule has 0 radical (unpaired) electrons. The number of aromatic nitrogens is 3. The van der Waals surface area contributed by atoms with Gasteiger partial charge in [0.15, 0.2) is 6.54 Å². The van der Waals surface area contributed by atoms with Crippen molar-refractivity contribution in [2.24, 2.45) is 0 Å². The van der Waals surface area contributed by atoms with E-state index in [-0.39, 0.29) is 17.8 Å². The first-order valence-electron chi connectivity index (χ1n) is 9.29. The zero-order valence-electron chi connectivity index (χ0n) is 15.3. The Kier molecular flexibility index (Phi) is 4.85. The highest BCUT2D eigenvalue weighted by atomic mass is 19.1. The van der Waals surface area contributed by atoms with Gasteiger partial charge in [-0.1, -0.05) is 17.3 Å². The molecular weight excluding hydrogens is 345 g/mol. The maximum absolute atomic E-state index is 13.3. The molecule has 0 spiro atoms. The van der Waals surface area contributed by atoms with E-state index in [1.165, 1.54) is 17.0 Å². The van der Waals surface area contributed by atoms with Crippen LogP contribution in [0.1, 0.15) is 24.4 Å². The second-order valence-electron chi connectivity index (χ2n) is 7.24. The first kappa shape index (κ1) is 17.6.